The molecule has 0 fully saturated rings. The molecule has 1 unspecified atom stereocenters. The average Bonchev–Trinajstić information content (AvgIpc) is 3.07. The molecule has 1 aliphatic carbocycles. The van der Waals surface area contributed by atoms with Gasteiger partial charge in [-0.05, 0) is 25.3 Å². The molecule has 1 N–H and O–H groups in total. The SMILES string of the molecule is CCCOc1ccccc1C1C2=C(CCCC2=O)Nc2ncnn21. The molecule has 0 bridgehead atoms. The van der Waals surface area contributed by atoms with Crippen molar-refractivity contribution in [2.45, 2.75) is 38.6 Å². The Hall–Kier alpha value is -2.63. The van der Waals surface area contributed by atoms with Crippen LogP contribution in [0, 0.1) is 0 Å². The van der Waals surface area contributed by atoms with E-state index < -0.39 is 0 Å². The van der Waals surface area contributed by atoms with Crippen LogP contribution >= 0.6 is 0 Å². The number of Topliss-reactive ketones (excluding diaryl/α,β-unsaturated/α-hetero) is 1. The number of allylic oxidation sites excluding steroid dienone is 2. The van der Waals surface area contributed by atoms with Crippen LogP contribution in [-0.2, 0) is 4.79 Å². The number of anilines is 1. The number of nitrogens with zero attached hydrogens (tertiary/aromatic N) is 3. The Bertz CT molecular complexity index is 809. The van der Waals surface area contributed by atoms with E-state index in [9.17, 15) is 4.79 Å². The van der Waals surface area contributed by atoms with E-state index in [0.29, 0.717) is 19.0 Å². The van der Waals surface area contributed by atoms with Gasteiger partial charge >= 0.3 is 0 Å². The zero-order chi connectivity index (χ0) is 16.5. The number of benzene rings is 1. The zero-order valence-corrected chi connectivity index (χ0v) is 13.7. The number of rotatable bonds is 4. The molecule has 1 aromatic heterocycles. The predicted octanol–water partition coefficient (Wildman–Crippen LogP) is 3.09. The van der Waals surface area contributed by atoms with Gasteiger partial charge in [-0.1, -0.05) is 25.1 Å². The van der Waals surface area contributed by atoms with Crippen LogP contribution in [0.5, 0.6) is 5.75 Å². The highest BCUT2D eigenvalue weighted by Crippen LogP contribution is 2.42. The average molecular weight is 324 g/mol. The minimum atomic E-state index is -0.278. The molecule has 0 amide bonds. The lowest BCUT2D eigenvalue weighted by Crippen LogP contribution is -2.31. The lowest BCUT2D eigenvalue weighted by Gasteiger charge is -2.32. The van der Waals surface area contributed by atoms with Crippen molar-refractivity contribution in [2.75, 3.05) is 11.9 Å². The number of carbonyl (C=O) groups is 1. The number of hydrogen-bond donors (Lipinski definition) is 1. The Morgan fingerprint density at radius 1 is 1.33 bits per heavy atom. The molecule has 6 heteroatoms. The zero-order valence-electron chi connectivity index (χ0n) is 13.7. The highest BCUT2D eigenvalue weighted by atomic mass is 16.5. The molecule has 0 saturated carbocycles. The molecular formula is C18H20N4O2. The number of para-hydroxylation sites is 1. The molecule has 124 valence electrons. The van der Waals surface area contributed by atoms with E-state index >= 15 is 0 Å². The number of ether oxygens (including phenoxy) is 1. The number of hydrogen-bond acceptors (Lipinski definition) is 5. The third-order valence-corrected chi connectivity index (χ3v) is 4.49. The molecule has 0 spiro atoms. The monoisotopic (exact) mass is 324 g/mol. The van der Waals surface area contributed by atoms with Crippen molar-refractivity contribution in [2.24, 2.45) is 0 Å². The number of ketones is 1. The summed E-state index contributed by atoms with van der Waals surface area (Å²) < 4.78 is 7.72. The molecule has 1 aromatic carbocycles. The summed E-state index contributed by atoms with van der Waals surface area (Å²) in [4.78, 5) is 17.0. The fourth-order valence-electron chi connectivity index (χ4n) is 3.43. The maximum atomic E-state index is 12.7. The lowest BCUT2D eigenvalue weighted by atomic mass is 9.85. The van der Waals surface area contributed by atoms with E-state index in [1.54, 1.807) is 4.68 Å². The van der Waals surface area contributed by atoms with Crippen LogP contribution < -0.4 is 10.1 Å². The standard InChI is InChI=1S/C18H20N4O2/c1-2-10-24-15-9-4-3-6-12(15)17-16-13(7-5-8-14(16)23)21-18-19-11-20-22(17)18/h3-4,6,9,11,17H,2,5,7-8,10H2,1H3,(H,19,20,21). The van der Waals surface area contributed by atoms with E-state index in [1.807, 2.05) is 24.3 Å². The van der Waals surface area contributed by atoms with Crippen LogP contribution in [0.3, 0.4) is 0 Å². The fourth-order valence-corrected chi connectivity index (χ4v) is 3.43. The topological polar surface area (TPSA) is 69.0 Å². The van der Waals surface area contributed by atoms with Crippen molar-refractivity contribution in [1.29, 1.82) is 0 Å². The van der Waals surface area contributed by atoms with Gasteiger partial charge in [0.1, 0.15) is 18.1 Å². The molecule has 0 radical (unpaired) electrons. The first-order valence-electron chi connectivity index (χ1n) is 8.44. The minimum Gasteiger partial charge on any atom is -0.493 e. The molecule has 24 heavy (non-hydrogen) atoms. The quantitative estimate of drug-likeness (QED) is 0.936. The van der Waals surface area contributed by atoms with Gasteiger partial charge in [0.25, 0.3) is 0 Å². The van der Waals surface area contributed by atoms with Gasteiger partial charge in [0.05, 0.1) is 6.61 Å². The van der Waals surface area contributed by atoms with E-state index in [1.165, 1.54) is 6.33 Å². The summed E-state index contributed by atoms with van der Waals surface area (Å²) in [6, 6.07) is 7.62. The highest BCUT2D eigenvalue weighted by molar-refractivity contribution is 5.99. The van der Waals surface area contributed by atoms with Crippen molar-refractivity contribution in [1.82, 2.24) is 14.8 Å². The highest BCUT2D eigenvalue weighted by Gasteiger charge is 2.37. The summed E-state index contributed by atoms with van der Waals surface area (Å²) in [6.45, 7) is 2.72. The van der Waals surface area contributed by atoms with Gasteiger partial charge in [-0.3, -0.25) is 4.79 Å². The first-order valence-corrected chi connectivity index (χ1v) is 8.44. The first-order chi connectivity index (χ1) is 11.8. The van der Waals surface area contributed by atoms with Crippen LogP contribution in [0.2, 0.25) is 0 Å². The van der Waals surface area contributed by atoms with Crippen molar-refractivity contribution < 1.29 is 9.53 Å². The van der Waals surface area contributed by atoms with Gasteiger partial charge in [0, 0.05) is 23.3 Å². The summed E-state index contributed by atoms with van der Waals surface area (Å²) in [6.07, 6.45) is 4.77. The molecule has 2 aromatic rings. The Kier molecular flexibility index (Phi) is 3.80. The molecule has 4 rings (SSSR count). The van der Waals surface area contributed by atoms with Crippen molar-refractivity contribution >= 4 is 11.7 Å². The van der Waals surface area contributed by atoms with Gasteiger partial charge in [0.15, 0.2) is 5.78 Å². The van der Waals surface area contributed by atoms with Crippen LogP contribution in [-0.4, -0.2) is 27.2 Å². The Morgan fingerprint density at radius 3 is 3.08 bits per heavy atom. The smallest absolute Gasteiger partial charge is 0.226 e. The molecule has 0 saturated heterocycles. The number of fused-ring (bicyclic) bond motifs is 1. The number of carbonyl (C=O) groups excluding carboxylic acids is 1. The summed E-state index contributed by atoms with van der Waals surface area (Å²) in [7, 11) is 0. The Labute approximate surface area is 140 Å². The van der Waals surface area contributed by atoms with Crippen molar-refractivity contribution in [3.05, 3.63) is 47.4 Å². The Balaban J connectivity index is 1.86. The van der Waals surface area contributed by atoms with E-state index in [-0.39, 0.29) is 11.8 Å². The maximum absolute atomic E-state index is 12.7. The van der Waals surface area contributed by atoms with Crippen molar-refractivity contribution in [3.8, 4) is 5.75 Å². The first kappa shape index (κ1) is 14.9. The van der Waals surface area contributed by atoms with Crippen LogP contribution in [0.4, 0.5) is 5.95 Å². The van der Waals surface area contributed by atoms with E-state index in [2.05, 4.69) is 22.3 Å². The second kappa shape index (κ2) is 6.11. The largest absolute Gasteiger partial charge is 0.493 e. The summed E-state index contributed by atoms with van der Waals surface area (Å²) in [5, 5.41) is 7.64. The molecule has 2 heterocycles. The molecule has 1 aliphatic heterocycles. The van der Waals surface area contributed by atoms with Gasteiger partial charge in [-0.2, -0.15) is 10.1 Å². The molecule has 1 atom stereocenters. The van der Waals surface area contributed by atoms with Crippen molar-refractivity contribution in [3.63, 3.8) is 0 Å². The van der Waals surface area contributed by atoms with Crippen LogP contribution in [0.25, 0.3) is 0 Å². The second-order valence-corrected chi connectivity index (χ2v) is 6.11. The third kappa shape index (κ3) is 2.38. The van der Waals surface area contributed by atoms with Gasteiger partial charge in [-0.25, -0.2) is 4.68 Å². The summed E-state index contributed by atoms with van der Waals surface area (Å²) in [5.74, 6) is 1.66. The number of aromatic nitrogens is 3. The Morgan fingerprint density at radius 2 is 2.21 bits per heavy atom. The lowest BCUT2D eigenvalue weighted by molar-refractivity contribution is -0.116. The van der Waals surface area contributed by atoms with Gasteiger partial charge in [-0.15, -0.1) is 0 Å². The minimum absolute atomic E-state index is 0.181. The van der Waals surface area contributed by atoms with Crippen LogP contribution in [0.1, 0.15) is 44.2 Å². The second-order valence-electron chi connectivity index (χ2n) is 6.11. The summed E-state index contributed by atoms with van der Waals surface area (Å²) in [5.41, 5.74) is 2.73. The van der Waals surface area contributed by atoms with E-state index in [4.69, 9.17) is 4.74 Å². The maximum Gasteiger partial charge on any atom is 0.226 e. The van der Waals surface area contributed by atoms with E-state index in [0.717, 1.165) is 41.8 Å². The molecule has 6 nitrogen and oxygen atoms in total. The molecular weight excluding hydrogens is 304 g/mol. The third-order valence-electron chi connectivity index (χ3n) is 4.49. The van der Waals surface area contributed by atoms with Crippen LogP contribution in [0.15, 0.2) is 41.9 Å². The summed E-state index contributed by atoms with van der Waals surface area (Å²) >= 11 is 0. The normalized spacial score (nSPS) is 19.5. The number of nitrogens with one attached hydrogen (secondary N) is 1. The predicted molar refractivity (Wildman–Crippen MR) is 89.9 cm³/mol. The van der Waals surface area contributed by atoms with Gasteiger partial charge in [0.2, 0.25) is 5.95 Å². The fraction of sp³-hybridized carbons (Fsp3) is 0.389. The molecule has 2 aliphatic rings. The van der Waals surface area contributed by atoms with Gasteiger partial charge < -0.3 is 10.1 Å².